The van der Waals surface area contributed by atoms with Gasteiger partial charge >= 0.3 is 5.97 Å². The minimum atomic E-state index is -0.995. The highest BCUT2D eigenvalue weighted by molar-refractivity contribution is 5.94. The number of aryl methyl sites for hydroxylation is 1. The van der Waals surface area contributed by atoms with Crippen molar-refractivity contribution in [3.8, 4) is 11.5 Å². The lowest BCUT2D eigenvalue weighted by molar-refractivity contribution is 0.0697. The van der Waals surface area contributed by atoms with Crippen LogP contribution in [0.4, 0.5) is 0 Å². The summed E-state index contributed by atoms with van der Waals surface area (Å²) < 4.78 is 5.58. The SMILES string of the molecule is CCCCCCCc1nnc(-c2ccccc2C(=O)O)o1. The quantitative estimate of drug-likeness (QED) is 0.744. The van der Waals surface area contributed by atoms with Crippen molar-refractivity contribution in [1.82, 2.24) is 10.2 Å². The van der Waals surface area contributed by atoms with Crippen molar-refractivity contribution in [2.24, 2.45) is 0 Å². The predicted molar refractivity (Wildman–Crippen MR) is 79.2 cm³/mol. The lowest BCUT2D eigenvalue weighted by Crippen LogP contribution is -1.99. The van der Waals surface area contributed by atoms with E-state index in [2.05, 4.69) is 17.1 Å². The van der Waals surface area contributed by atoms with E-state index in [1.165, 1.54) is 25.3 Å². The number of benzene rings is 1. The maximum atomic E-state index is 11.2. The number of rotatable bonds is 8. The Balaban J connectivity index is 2.01. The third kappa shape index (κ3) is 4.15. The van der Waals surface area contributed by atoms with Crippen LogP contribution >= 0.6 is 0 Å². The summed E-state index contributed by atoms with van der Waals surface area (Å²) in [4.78, 5) is 11.2. The van der Waals surface area contributed by atoms with Gasteiger partial charge in [-0.25, -0.2) is 4.79 Å². The number of carboxylic acids is 1. The zero-order chi connectivity index (χ0) is 15.1. The molecule has 5 heteroatoms. The van der Waals surface area contributed by atoms with Gasteiger partial charge in [-0.3, -0.25) is 0 Å². The standard InChI is InChI=1S/C16H20N2O3/c1-2-3-4-5-6-11-14-17-18-15(21-14)12-9-7-8-10-13(12)16(19)20/h7-10H,2-6,11H2,1H3,(H,19,20). The molecule has 112 valence electrons. The van der Waals surface area contributed by atoms with Crippen LogP contribution in [-0.2, 0) is 6.42 Å². The predicted octanol–water partition coefficient (Wildman–Crippen LogP) is 3.95. The van der Waals surface area contributed by atoms with E-state index in [4.69, 9.17) is 9.52 Å². The van der Waals surface area contributed by atoms with E-state index in [0.717, 1.165) is 19.3 Å². The number of unbranched alkanes of at least 4 members (excludes halogenated alkanes) is 4. The van der Waals surface area contributed by atoms with Gasteiger partial charge in [0.15, 0.2) is 0 Å². The first-order valence-electron chi connectivity index (χ1n) is 7.37. The molecular formula is C16H20N2O3. The monoisotopic (exact) mass is 288 g/mol. The highest BCUT2D eigenvalue weighted by Crippen LogP contribution is 2.23. The molecule has 0 fully saturated rings. The maximum absolute atomic E-state index is 11.2. The molecule has 5 nitrogen and oxygen atoms in total. The highest BCUT2D eigenvalue weighted by Gasteiger charge is 2.16. The Bertz CT molecular complexity index is 593. The van der Waals surface area contributed by atoms with E-state index >= 15 is 0 Å². The van der Waals surface area contributed by atoms with Crippen LogP contribution in [0.1, 0.15) is 55.3 Å². The van der Waals surface area contributed by atoms with Crippen molar-refractivity contribution < 1.29 is 14.3 Å². The van der Waals surface area contributed by atoms with Gasteiger partial charge in [0.2, 0.25) is 11.8 Å². The smallest absolute Gasteiger partial charge is 0.336 e. The fourth-order valence-corrected chi connectivity index (χ4v) is 2.20. The molecule has 1 N–H and O–H groups in total. The van der Waals surface area contributed by atoms with Crippen molar-refractivity contribution in [3.63, 3.8) is 0 Å². The average Bonchev–Trinajstić information content (AvgIpc) is 2.96. The number of hydrogen-bond acceptors (Lipinski definition) is 4. The zero-order valence-corrected chi connectivity index (χ0v) is 12.2. The Morgan fingerprint density at radius 1 is 1.14 bits per heavy atom. The molecule has 1 aromatic heterocycles. The molecule has 0 saturated heterocycles. The molecule has 0 amide bonds. The lowest BCUT2D eigenvalue weighted by Gasteiger charge is -2.00. The Labute approximate surface area is 124 Å². The van der Waals surface area contributed by atoms with Gasteiger partial charge in [-0.15, -0.1) is 10.2 Å². The van der Waals surface area contributed by atoms with Gasteiger partial charge in [-0.2, -0.15) is 0 Å². The van der Waals surface area contributed by atoms with Crippen LogP contribution < -0.4 is 0 Å². The van der Waals surface area contributed by atoms with Crippen molar-refractivity contribution in [1.29, 1.82) is 0 Å². The summed E-state index contributed by atoms with van der Waals surface area (Å²) in [5.41, 5.74) is 0.644. The first kappa shape index (κ1) is 15.2. The summed E-state index contributed by atoms with van der Waals surface area (Å²) in [5, 5.41) is 17.1. The van der Waals surface area contributed by atoms with Gasteiger partial charge in [0.1, 0.15) is 0 Å². The van der Waals surface area contributed by atoms with Gasteiger partial charge in [-0.1, -0.05) is 44.7 Å². The van der Waals surface area contributed by atoms with E-state index in [0.29, 0.717) is 11.5 Å². The number of carboxylic acid groups (broad SMARTS) is 1. The molecule has 0 bridgehead atoms. The van der Waals surface area contributed by atoms with Crippen LogP contribution in [0.3, 0.4) is 0 Å². The summed E-state index contributed by atoms with van der Waals surface area (Å²) in [5.74, 6) is -0.150. The summed E-state index contributed by atoms with van der Waals surface area (Å²) in [6, 6.07) is 6.66. The fourth-order valence-electron chi connectivity index (χ4n) is 2.20. The van der Waals surface area contributed by atoms with Crippen molar-refractivity contribution in [3.05, 3.63) is 35.7 Å². The van der Waals surface area contributed by atoms with Gasteiger partial charge in [0.05, 0.1) is 11.1 Å². The third-order valence-electron chi connectivity index (χ3n) is 3.35. The summed E-state index contributed by atoms with van der Waals surface area (Å²) in [6.07, 6.45) is 6.60. The van der Waals surface area contributed by atoms with E-state index in [1.807, 2.05) is 0 Å². The van der Waals surface area contributed by atoms with Crippen LogP contribution in [0.15, 0.2) is 28.7 Å². The van der Waals surface area contributed by atoms with Gasteiger partial charge < -0.3 is 9.52 Å². The molecule has 0 saturated carbocycles. The summed E-state index contributed by atoms with van der Waals surface area (Å²) in [6.45, 7) is 2.18. The largest absolute Gasteiger partial charge is 0.478 e. The Morgan fingerprint density at radius 3 is 2.67 bits per heavy atom. The minimum Gasteiger partial charge on any atom is -0.478 e. The topological polar surface area (TPSA) is 76.2 Å². The van der Waals surface area contributed by atoms with Crippen LogP contribution in [0.5, 0.6) is 0 Å². The van der Waals surface area contributed by atoms with Crippen molar-refractivity contribution in [2.45, 2.75) is 45.4 Å². The van der Waals surface area contributed by atoms with Crippen LogP contribution in [0.25, 0.3) is 11.5 Å². The molecule has 1 heterocycles. The zero-order valence-electron chi connectivity index (χ0n) is 12.2. The number of nitrogens with zero attached hydrogens (tertiary/aromatic N) is 2. The van der Waals surface area contributed by atoms with Crippen LogP contribution in [-0.4, -0.2) is 21.3 Å². The molecule has 21 heavy (non-hydrogen) atoms. The number of aromatic nitrogens is 2. The number of hydrogen-bond donors (Lipinski definition) is 1. The first-order chi connectivity index (χ1) is 10.2. The van der Waals surface area contributed by atoms with Gasteiger partial charge in [0.25, 0.3) is 0 Å². The first-order valence-corrected chi connectivity index (χ1v) is 7.37. The minimum absolute atomic E-state index is 0.177. The lowest BCUT2D eigenvalue weighted by atomic mass is 10.1. The van der Waals surface area contributed by atoms with Crippen molar-refractivity contribution in [2.75, 3.05) is 0 Å². The molecule has 2 aromatic rings. The molecule has 0 aliphatic heterocycles. The summed E-state index contributed by atoms with van der Waals surface area (Å²) in [7, 11) is 0. The second-order valence-electron chi connectivity index (χ2n) is 5.02. The maximum Gasteiger partial charge on any atom is 0.336 e. The average molecular weight is 288 g/mol. The molecular weight excluding hydrogens is 268 g/mol. The van der Waals surface area contributed by atoms with Crippen LogP contribution in [0, 0.1) is 0 Å². The Kier molecular flexibility index (Phi) is 5.49. The summed E-state index contributed by atoms with van der Waals surface area (Å²) >= 11 is 0. The van der Waals surface area contributed by atoms with Gasteiger partial charge in [-0.05, 0) is 18.6 Å². The van der Waals surface area contributed by atoms with E-state index in [-0.39, 0.29) is 11.5 Å². The second kappa shape index (κ2) is 7.57. The Morgan fingerprint density at radius 2 is 1.90 bits per heavy atom. The number of carbonyl (C=O) groups is 1. The normalized spacial score (nSPS) is 10.7. The molecule has 0 radical (unpaired) electrons. The Hall–Kier alpha value is -2.17. The third-order valence-corrected chi connectivity index (χ3v) is 3.35. The molecule has 0 atom stereocenters. The second-order valence-corrected chi connectivity index (χ2v) is 5.02. The van der Waals surface area contributed by atoms with Crippen LogP contribution in [0.2, 0.25) is 0 Å². The molecule has 0 aliphatic rings. The molecule has 0 unspecified atom stereocenters. The molecule has 1 aromatic carbocycles. The molecule has 2 rings (SSSR count). The molecule has 0 aliphatic carbocycles. The fraction of sp³-hybridized carbons (Fsp3) is 0.438. The van der Waals surface area contributed by atoms with E-state index in [1.54, 1.807) is 18.2 Å². The van der Waals surface area contributed by atoms with Gasteiger partial charge in [0, 0.05) is 6.42 Å². The highest BCUT2D eigenvalue weighted by atomic mass is 16.4. The van der Waals surface area contributed by atoms with E-state index < -0.39 is 5.97 Å². The van der Waals surface area contributed by atoms with E-state index in [9.17, 15) is 4.79 Å². The molecule has 0 spiro atoms. The van der Waals surface area contributed by atoms with Crippen molar-refractivity contribution >= 4 is 5.97 Å². The number of aromatic carboxylic acids is 1.